The lowest BCUT2D eigenvalue weighted by Gasteiger charge is -2.37. The van der Waals surface area contributed by atoms with Crippen LogP contribution in [0, 0.1) is 5.41 Å². The lowest BCUT2D eigenvalue weighted by molar-refractivity contribution is -0.152. The lowest BCUT2D eigenvalue weighted by Crippen LogP contribution is -2.46. The smallest absolute Gasteiger partial charge is 0.309 e. The van der Waals surface area contributed by atoms with E-state index in [0.717, 1.165) is 12.8 Å². The third-order valence-electron chi connectivity index (χ3n) is 4.35. The van der Waals surface area contributed by atoms with Crippen molar-refractivity contribution >= 4 is 11.9 Å². The molecule has 2 heterocycles. The first kappa shape index (κ1) is 15.5. The van der Waals surface area contributed by atoms with E-state index in [0.29, 0.717) is 38.2 Å². The van der Waals surface area contributed by atoms with E-state index in [2.05, 4.69) is 15.2 Å². The Labute approximate surface area is 123 Å². The van der Waals surface area contributed by atoms with Gasteiger partial charge in [-0.15, -0.1) is 5.10 Å². The van der Waals surface area contributed by atoms with Gasteiger partial charge in [0, 0.05) is 19.5 Å². The minimum Gasteiger partial charge on any atom is -0.481 e. The van der Waals surface area contributed by atoms with Crippen molar-refractivity contribution in [1.29, 1.82) is 0 Å². The molecule has 1 aromatic rings. The van der Waals surface area contributed by atoms with Crippen molar-refractivity contribution in [2.75, 3.05) is 13.1 Å². The maximum atomic E-state index is 12.3. The number of hydrogen-bond donors (Lipinski definition) is 2. The van der Waals surface area contributed by atoms with Gasteiger partial charge in [0.25, 0.3) is 5.91 Å². The highest BCUT2D eigenvalue weighted by Crippen LogP contribution is 2.35. The molecule has 1 aliphatic heterocycles. The van der Waals surface area contributed by atoms with Crippen molar-refractivity contribution in [3.63, 3.8) is 0 Å². The molecule has 1 fully saturated rings. The van der Waals surface area contributed by atoms with Crippen LogP contribution in [0.25, 0.3) is 0 Å². The Bertz CT molecular complexity index is 518. The summed E-state index contributed by atoms with van der Waals surface area (Å²) in [6.07, 6.45) is 3.25. The zero-order valence-corrected chi connectivity index (χ0v) is 12.6. The number of carboxylic acid groups (broad SMARTS) is 1. The summed E-state index contributed by atoms with van der Waals surface area (Å²) in [6, 6.07) is 0. The summed E-state index contributed by atoms with van der Waals surface area (Å²) >= 11 is 0. The van der Waals surface area contributed by atoms with Gasteiger partial charge >= 0.3 is 5.97 Å². The van der Waals surface area contributed by atoms with Crippen LogP contribution in [0.15, 0.2) is 0 Å². The quantitative estimate of drug-likeness (QED) is 0.856. The largest absolute Gasteiger partial charge is 0.481 e. The third kappa shape index (κ3) is 3.06. The molecule has 1 aliphatic rings. The van der Waals surface area contributed by atoms with Crippen molar-refractivity contribution in [3.05, 3.63) is 11.6 Å². The molecule has 2 N–H and O–H groups in total. The van der Waals surface area contributed by atoms with Crippen LogP contribution >= 0.6 is 0 Å². The Morgan fingerprint density at radius 3 is 2.52 bits per heavy atom. The summed E-state index contributed by atoms with van der Waals surface area (Å²) < 4.78 is 0. The standard InChI is InChI=1S/C14H22N4O3/c1-3-5-10-15-11(17-16-10)12(19)18-8-6-14(4-2,7-9-18)13(20)21/h3-9H2,1-2H3,(H,20,21)(H,15,16,17). The molecule has 0 radical (unpaired) electrons. The average molecular weight is 294 g/mol. The van der Waals surface area contributed by atoms with E-state index in [-0.39, 0.29) is 11.7 Å². The van der Waals surface area contributed by atoms with Crippen LogP contribution in [0.5, 0.6) is 0 Å². The Hall–Kier alpha value is -1.92. The SMILES string of the molecule is CCCc1nc(C(=O)N2CCC(CC)(C(=O)O)CC2)n[nH]1. The number of piperidine rings is 1. The van der Waals surface area contributed by atoms with Gasteiger partial charge in [0.1, 0.15) is 5.82 Å². The lowest BCUT2D eigenvalue weighted by atomic mass is 9.76. The number of nitrogens with one attached hydrogen (secondary N) is 1. The zero-order valence-electron chi connectivity index (χ0n) is 12.6. The van der Waals surface area contributed by atoms with Gasteiger partial charge in [0.2, 0.25) is 5.82 Å². The van der Waals surface area contributed by atoms with Crippen LogP contribution in [-0.4, -0.2) is 50.2 Å². The number of H-pyrrole nitrogens is 1. The normalized spacial score (nSPS) is 17.7. The first-order valence-electron chi connectivity index (χ1n) is 7.46. The van der Waals surface area contributed by atoms with E-state index < -0.39 is 11.4 Å². The molecule has 0 atom stereocenters. The molecular weight excluding hydrogens is 272 g/mol. The highest BCUT2D eigenvalue weighted by Gasteiger charge is 2.41. The van der Waals surface area contributed by atoms with Crippen LogP contribution in [-0.2, 0) is 11.2 Å². The number of aromatic nitrogens is 3. The Morgan fingerprint density at radius 1 is 1.33 bits per heavy atom. The number of hydrogen-bond acceptors (Lipinski definition) is 4. The second kappa shape index (κ2) is 6.24. The number of aryl methyl sites for hydroxylation is 1. The molecule has 0 unspecified atom stereocenters. The fraction of sp³-hybridized carbons (Fsp3) is 0.714. The molecule has 0 aromatic carbocycles. The van der Waals surface area contributed by atoms with Crippen LogP contribution in [0.3, 0.4) is 0 Å². The van der Waals surface area contributed by atoms with E-state index >= 15 is 0 Å². The van der Waals surface area contributed by atoms with Crippen LogP contribution < -0.4 is 0 Å². The van der Waals surface area contributed by atoms with Gasteiger partial charge in [-0.25, -0.2) is 4.98 Å². The van der Waals surface area contributed by atoms with Crippen molar-refractivity contribution in [3.8, 4) is 0 Å². The number of likely N-dealkylation sites (tertiary alicyclic amines) is 1. The van der Waals surface area contributed by atoms with Gasteiger partial charge < -0.3 is 10.0 Å². The molecule has 2 rings (SSSR count). The average Bonchev–Trinajstić information content (AvgIpc) is 2.95. The second-order valence-electron chi connectivity index (χ2n) is 5.59. The van der Waals surface area contributed by atoms with Crippen molar-refractivity contribution in [1.82, 2.24) is 20.1 Å². The van der Waals surface area contributed by atoms with Gasteiger partial charge in [-0.3, -0.25) is 14.7 Å². The highest BCUT2D eigenvalue weighted by molar-refractivity contribution is 5.90. The Kier molecular flexibility index (Phi) is 4.59. The number of rotatable bonds is 5. The maximum absolute atomic E-state index is 12.3. The molecule has 1 amide bonds. The Morgan fingerprint density at radius 2 is 2.00 bits per heavy atom. The van der Waals surface area contributed by atoms with E-state index in [1.807, 2.05) is 13.8 Å². The summed E-state index contributed by atoms with van der Waals surface area (Å²) in [6.45, 7) is 4.80. The monoisotopic (exact) mass is 294 g/mol. The van der Waals surface area contributed by atoms with E-state index in [1.165, 1.54) is 0 Å². The van der Waals surface area contributed by atoms with E-state index in [9.17, 15) is 14.7 Å². The van der Waals surface area contributed by atoms with Gasteiger partial charge in [-0.05, 0) is 25.7 Å². The molecule has 0 saturated carbocycles. The van der Waals surface area contributed by atoms with Crippen LogP contribution in [0.4, 0.5) is 0 Å². The second-order valence-corrected chi connectivity index (χ2v) is 5.59. The summed E-state index contributed by atoms with van der Waals surface area (Å²) in [4.78, 5) is 29.6. The van der Waals surface area contributed by atoms with Crippen molar-refractivity contribution in [2.24, 2.45) is 5.41 Å². The van der Waals surface area contributed by atoms with Crippen molar-refractivity contribution < 1.29 is 14.7 Å². The summed E-state index contributed by atoms with van der Waals surface area (Å²) in [5.74, 6) is -0.0898. The third-order valence-corrected chi connectivity index (χ3v) is 4.35. The predicted molar refractivity (Wildman–Crippen MR) is 75.9 cm³/mol. The van der Waals surface area contributed by atoms with E-state index in [4.69, 9.17) is 0 Å². The number of carboxylic acids is 1. The fourth-order valence-corrected chi connectivity index (χ4v) is 2.74. The first-order valence-corrected chi connectivity index (χ1v) is 7.46. The minimum atomic E-state index is -0.764. The van der Waals surface area contributed by atoms with Gasteiger partial charge in [-0.2, -0.15) is 0 Å². The molecule has 0 aliphatic carbocycles. The molecule has 7 nitrogen and oxygen atoms in total. The molecule has 1 saturated heterocycles. The fourth-order valence-electron chi connectivity index (χ4n) is 2.74. The number of aromatic amines is 1. The summed E-state index contributed by atoms with van der Waals surface area (Å²) in [7, 11) is 0. The molecule has 7 heteroatoms. The van der Waals surface area contributed by atoms with Gasteiger partial charge in [-0.1, -0.05) is 13.8 Å². The van der Waals surface area contributed by atoms with Crippen LogP contribution in [0.2, 0.25) is 0 Å². The highest BCUT2D eigenvalue weighted by atomic mass is 16.4. The number of aliphatic carboxylic acids is 1. The first-order chi connectivity index (χ1) is 10.0. The van der Waals surface area contributed by atoms with Gasteiger partial charge in [0.15, 0.2) is 0 Å². The molecule has 116 valence electrons. The topological polar surface area (TPSA) is 99.2 Å². The number of nitrogens with zero attached hydrogens (tertiary/aromatic N) is 3. The number of carbonyl (C=O) groups excluding carboxylic acids is 1. The van der Waals surface area contributed by atoms with Gasteiger partial charge in [0.05, 0.1) is 5.41 Å². The molecule has 0 bridgehead atoms. The van der Waals surface area contributed by atoms with Crippen LogP contribution in [0.1, 0.15) is 56.0 Å². The van der Waals surface area contributed by atoms with E-state index in [1.54, 1.807) is 4.90 Å². The number of carbonyl (C=O) groups is 2. The molecule has 21 heavy (non-hydrogen) atoms. The Balaban J connectivity index is 2.01. The summed E-state index contributed by atoms with van der Waals surface area (Å²) in [5.41, 5.74) is -0.691. The summed E-state index contributed by atoms with van der Waals surface area (Å²) in [5, 5.41) is 16.1. The number of amides is 1. The zero-order chi connectivity index (χ0) is 15.5. The predicted octanol–water partition coefficient (Wildman–Crippen LogP) is 1.47. The molecular formula is C14H22N4O3. The minimum absolute atomic E-state index is 0.178. The molecule has 0 spiro atoms. The molecule has 1 aromatic heterocycles. The van der Waals surface area contributed by atoms with Crippen molar-refractivity contribution in [2.45, 2.75) is 46.0 Å². The maximum Gasteiger partial charge on any atom is 0.309 e.